The molecule has 0 bridgehead atoms. The molecule has 0 amide bonds. The van der Waals surface area contributed by atoms with Gasteiger partial charge >= 0.3 is 0 Å². The lowest BCUT2D eigenvalue weighted by Gasteiger charge is -2.08. The van der Waals surface area contributed by atoms with E-state index in [0.717, 1.165) is 35.9 Å². The number of benzene rings is 1. The molecule has 2 aromatic rings. The highest BCUT2D eigenvalue weighted by Gasteiger charge is 2.04. The van der Waals surface area contributed by atoms with Crippen molar-refractivity contribution in [1.82, 2.24) is 10.3 Å². The summed E-state index contributed by atoms with van der Waals surface area (Å²) in [7, 11) is 1.68. The molecule has 0 saturated carbocycles. The highest BCUT2D eigenvalue weighted by atomic mass is 16.5. The van der Waals surface area contributed by atoms with E-state index in [1.165, 1.54) is 0 Å². The van der Waals surface area contributed by atoms with Crippen LogP contribution in [-0.2, 0) is 19.5 Å². The minimum atomic E-state index is 0.623. The highest BCUT2D eigenvalue weighted by molar-refractivity contribution is 5.32. The summed E-state index contributed by atoms with van der Waals surface area (Å²) in [4.78, 5) is 4.20. The second-order valence-electron chi connectivity index (χ2n) is 3.99. The molecule has 0 radical (unpaired) electrons. The van der Waals surface area contributed by atoms with Gasteiger partial charge in [0, 0.05) is 18.5 Å². The maximum Gasteiger partial charge on any atom is 0.208 e. The summed E-state index contributed by atoms with van der Waals surface area (Å²) in [6.45, 7) is 3.40. The van der Waals surface area contributed by atoms with Crippen molar-refractivity contribution >= 4 is 0 Å². The average molecular weight is 246 g/mol. The van der Waals surface area contributed by atoms with Crippen molar-refractivity contribution in [3.8, 4) is 5.75 Å². The van der Waals surface area contributed by atoms with Crippen LogP contribution in [0.15, 0.2) is 34.9 Å². The number of oxazole rings is 1. The van der Waals surface area contributed by atoms with Gasteiger partial charge in [-0.05, 0) is 6.07 Å². The van der Waals surface area contributed by atoms with Crippen LogP contribution in [0.1, 0.15) is 24.1 Å². The molecule has 0 spiro atoms. The zero-order valence-electron chi connectivity index (χ0n) is 10.8. The van der Waals surface area contributed by atoms with Crippen molar-refractivity contribution in [2.45, 2.75) is 26.4 Å². The number of aryl methyl sites for hydroxylation is 1. The summed E-state index contributed by atoms with van der Waals surface area (Å²) in [6, 6.07) is 7.96. The second-order valence-corrected chi connectivity index (χ2v) is 3.99. The Hall–Kier alpha value is -1.81. The Kier molecular flexibility index (Phi) is 4.36. The van der Waals surface area contributed by atoms with E-state index >= 15 is 0 Å². The van der Waals surface area contributed by atoms with Gasteiger partial charge in [-0.2, -0.15) is 0 Å². The molecule has 2 rings (SSSR count). The van der Waals surface area contributed by atoms with Crippen LogP contribution in [0, 0.1) is 0 Å². The molecule has 0 unspecified atom stereocenters. The van der Waals surface area contributed by atoms with Crippen LogP contribution in [0.25, 0.3) is 0 Å². The third kappa shape index (κ3) is 3.11. The first-order valence-electron chi connectivity index (χ1n) is 6.09. The number of nitrogens with one attached hydrogen (secondary N) is 1. The Morgan fingerprint density at radius 2 is 2.11 bits per heavy atom. The van der Waals surface area contributed by atoms with Gasteiger partial charge in [-0.25, -0.2) is 4.98 Å². The lowest BCUT2D eigenvalue weighted by atomic mass is 10.2. The van der Waals surface area contributed by atoms with E-state index in [1.807, 2.05) is 31.2 Å². The minimum absolute atomic E-state index is 0.623. The van der Waals surface area contributed by atoms with Crippen molar-refractivity contribution in [1.29, 1.82) is 0 Å². The Balaban J connectivity index is 1.88. The Morgan fingerprint density at radius 1 is 1.28 bits per heavy atom. The fraction of sp³-hybridized carbons (Fsp3) is 0.357. The number of rotatable bonds is 6. The molecule has 0 atom stereocenters. The zero-order valence-corrected chi connectivity index (χ0v) is 10.8. The van der Waals surface area contributed by atoms with Crippen LogP contribution in [0.4, 0.5) is 0 Å². The predicted octanol–water partition coefficient (Wildman–Crippen LogP) is 2.54. The molecule has 18 heavy (non-hydrogen) atoms. The van der Waals surface area contributed by atoms with Crippen molar-refractivity contribution in [3.63, 3.8) is 0 Å². The molecular formula is C14H18N2O2. The fourth-order valence-electron chi connectivity index (χ4n) is 1.75. The maximum atomic E-state index is 5.52. The zero-order chi connectivity index (χ0) is 12.8. The molecule has 1 N–H and O–H groups in total. The SMILES string of the molecule is CCc1cnc(CNCc2ccccc2OC)o1. The van der Waals surface area contributed by atoms with Gasteiger partial charge in [-0.3, -0.25) is 0 Å². The number of hydrogen-bond acceptors (Lipinski definition) is 4. The van der Waals surface area contributed by atoms with E-state index in [-0.39, 0.29) is 0 Å². The van der Waals surface area contributed by atoms with Gasteiger partial charge in [0.25, 0.3) is 0 Å². The first-order valence-corrected chi connectivity index (χ1v) is 6.09. The lowest BCUT2D eigenvalue weighted by molar-refractivity contribution is 0.404. The summed E-state index contributed by atoms with van der Waals surface area (Å²) in [5.41, 5.74) is 1.13. The van der Waals surface area contributed by atoms with Gasteiger partial charge in [0.15, 0.2) is 0 Å². The first-order chi connectivity index (χ1) is 8.83. The summed E-state index contributed by atoms with van der Waals surface area (Å²) >= 11 is 0. The molecule has 0 aliphatic rings. The van der Waals surface area contributed by atoms with Crippen LogP contribution in [-0.4, -0.2) is 12.1 Å². The molecular weight excluding hydrogens is 228 g/mol. The van der Waals surface area contributed by atoms with Gasteiger partial charge in [-0.15, -0.1) is 0 Å². The van der Waals surface area contributed by atoms with E-state index in [4.69, 9.17) is 9.15 Å². The van der Waals surface area contributed by atoms with E-state index in [1.54, 1.807) is 13.3 Å². The topological polar surface area (TPSA) is 47.3 Å². The number of aromatic nitrogens is 1. The number of methoxy groups -OCH3 is 1. The summed E-state index contributed by atoms with van der Waals surface area (Å²) in [6.07, 6.45) is 2.65. The molecule has 0 fully saturated rings. The molecule has 96 valence electrons. The van der Waals surface area contributed by atoms with Crippen molar-refractivity contribution in [2.75, 3.05) is 7.11 Å². The first kappa shape index (κ1) is 12.6. The minimum Gasteiger partial charge on any atom is -0.496 e. The van der Waals surface area contributed by atoms with Gasteiger partial charge in [0.05, 0.1) is 19.9 Å². The van der Waals surface area contributed by atoms with Crippen molar-refractivity contribution in [3.05, 3.63) is 47.7 Å². The van der Waals surface area contributed by atoms with Crippen LogP contribution in [0.3, 0.4) is 0 Å². The van der Waals surface area contributed by atoms with Crippen molar-refractivity contribution in [2.24, 2.45) is 0 Å². The normalized spacial score (nSPS) is 10.6. The monoisotopic (exact) mass is 246 g/mol. The van der Waals surface area contributed by atoms with Crippen LogP contribution >= 0.6 is 0 Å². The molecule has 1 aromatic heterocycles. The third-order valence-electron chi connectivity index (χ3n) is 2.73. The average Bonchev–Trinajstić information content (AvgIpc) is 2.87. The van der Waals surface area contributed by atoms with Crippen LogP contribution in [0.5, 0.6) is 5.75 Å². The van der Waals surface area contributed by atoms with Crippen LogP contribution in [0.2, 0.25) is 0 Å². The quantitative estimate of drug-likeness (QED) is 0.851. The molecule has 1 heterocycles. The largest absolute Gasteiger partial charge is 0.496 e. The standard InChI is InChI=1S/C14H18N2O2/c1-3-12-9-16-14(18-12)10-15-8-11-6-4-5-7-13(11)17-2/h4-7,9,15H,3,8,10H2,1-2H3. The van der Waals surface area contributed by atoms with Gasteiger partial charge in [0.1, 0.15) is 11.5 Å². The molecule has 0 aliphatic carbocycles. The maximum absolute atomic E-state index is 5.52. The van der Waals surface area contributed by atoms with E-state index in [0.29, 0.717) is 6.54 Å². The smallest absolute Gasteiger partial charge is 0.208 e. The predicted molar refractivity (Wildman–Crippen MR) is 69.4 cm³/mol. The van der Waals surface area contributed by atoms with Gasteiger partial charge in [0.2, 0.25) is 5.89 Å². The van der Waals surface area contributed by atoms with Gasteiger partial charge in [-0.1, -0.05) is 25.1 Å². The highest BCUT2D eigenvalue weighted by Crippen LogP contribution is 2.16. The van der Waals surface area contributed by atoms with E-state index < -0.39 is 0 Å². The number of hydrogen-bond donors (Lipinski definition) is 1. The summed E-state index contributed by atoms with van der Waals surface area (Å²) < 4.78 is 10.8. The Morgan fingerprint density at radius 3 is 2.83 bits per heavy atom. The summed E-state index contributed by atoms with van der Waals surface area (Å²) in [5, 5.41) is 3.29. The van der Waals surface area contributed by atoms with Crippen LogP contribution < -0.4 is 10.1 Å². The molecule has 4 nitrogen and oxygen atoms in total. The number of para-hydroxylation sites is 1. The fourth-order valence-corrected chi connectivity index (χ4v) is 1.75. The molecule has 0 aliphatic heterocycles. The second kappa shape index (κ2) is 6.21. The Labute approximate surface area is 107 Å². The van der Waals surface area contributed by atoms with Crippen molar-refractivity contribution < 1.29 is 9.15 Å². The summed E-state index contributed by atoms with van der Waals surface area (Å²) in [5.74, 6) is 2.54. The van der Waals surface area contributed by atoms with E-state index in [2.05, 4.69) is 10.3 Å². The molecule has 0 saturated heterocycles. The Bertz CT molecular complexity index is 494. The van der Waals surface area contributed by atoms with E-state index in [9.17, 15) is 0 Å². The molecule has 4 heteroatoms. The number of nitrogens with zero attached hydrogens (tertiary/aromatic N) is 1. The third-order valence-corrected chi connectivity index (χ3v) is 2.73. The lowest BCUT2D eigenvalue weighted by Crippen LogP contribution is -2.13. The number of ether oxygens (including phenoxy) is 1. The van der Waals surface area contributed by atoms with Gasteiger partial charge < -0.3 is 14.5 Å². The molecule has 1 aromatic carbocycles.